The first-order valence-corrected chi connectivity index (χ1v) is 11.4. The third-order valence-corrected chi connectivity index (χ3v) is 6.40. The van der Waals surface area contributed by atoms with Crippen molar-refractivity contribution in [2.75, 3.05) is 18.1 Å². The van der Waals surface area contributed by atoms with E-state index in [0.29, 0.717) is 32.6 Å². The van der Waals surface area contributed by atoms with E-state index in [1.807, 2.05) is 31.0 Å². The van der Waals surface area contributed by atoms with E-state index in [2.05, 4.69) is 56.2 Å². The minimum atomic E-state index is -0.525. The second-order valence-corrected chi connectivity index (χ2v) is 9.59. The number of aromatic nitrogens is 3. The first-order chi connectivity index (χ1) is 15.4. The molecule has 1 aliphatic heterocycles. The topological polar surface area (TPSA) is 84.5 Å². The van der Waals surface area contributed by atoms with Gasteiger partial charge in [0.05, 0.1) is 30.8 Å². The number of ketones is 1. The molecule has 4 rings (SSSR count). The predicted octanol–water partition coefficient (Wildman–Crippen LogP) is 3.41. The molecule has 1 aliphatic rings. The molecule has 2 unspecified atom stereocenters. The summed E-state index contributed by atoms with van der Waals surface area (Å²) in [4.78, 5) is 28.1. The van der Waals surface area contributed by atoms with Gasteiger partial charge < -0.3 is 9.42 Å². The van der Waals surface area contributed by atoms with Gasteiger partial charge in [0.2, 0.25) is 5.78 Å². The molecule has 0 aliphatic carbocycles. The highest BCUT2D eigenvalue weighted by molar-refractivity contribution is 9.09. The summed E-state index contributed by atoms with van der Waals surface area (Å²) in [5.41, 5.74) is 5.01. The summed E-state index contributed by atoms with van der Waals surface area (Å²) in [6.07, 6.45) is 4.05. The molecule has 3 aromatic rings. The molecule has 0 bridgehead atoms. The number of benzene rings is 1. The maximum absolute atomic E-state index is 12.4. The van der Waals surface area contributed by atoms with E-state index in [9.17, 15) is 9.59 Å². The fourth-order valence-corrected chi connectivity index (χ4v) is 4.37. The molecule has 9 heteroatoms. The number of nitrogens with zero attached hydrogens (tertiary/aromatic N) is 5. The van der Waals surface area contributed by atoms with Crippen molar-refractivity contribution in [2.45, 2.75) is 44.7 Å². The minimum Gasteiger partial charge on any atom is -0.361 e. The number of Topliss-reactive ketones (excluding diaryl/α,β-unsaturated/α-hetero) is 1. The van der Waals surface area contributed by atoms with Gasteiger partial charge in [-0.25, -0.2) is 0 Å². The summed E-state index contributed by atoms with van der Waals surface area (Å²) in [6, 6.07) is 7.86. The zero-order valence-electron chi connectivity index (χ0n) is 18.4. The first-order valence-electron chi connectivity index (χ1n) is 10.5. The van der Waals surface area contributed by atoms with Crippen LogP contribution in [0.25, 0.3) is 0 Å². The Labute approximate surface area is 195 Å². The summed E-state index contributed by atoms with van der Waals surface area (Å²) >= 11 is 3.62. The lowest BCUT2D eigenvalue weighted by Crippen LogP contribution is -2.38. The molecule has 2 aromatic heterocycles. The monoisotopic (exact) mass is 499 g/mol. The van der Waals surface area contributed by atoms with Gasteiger partial charge in [0.1, 0.15) is 11.8 Å². The summed E-state index contributed by atoms with van der Waals surface area (Å²) < 4.78 is 7.04. The van der Waals surface area contributed by atoms with E-state index >= 15 is 0 Å². The van der Waals surface area contributed by atoms with Crippen molar-refractivity contribution in [1.82, 2.24) is 19.8 Å². The van der Waals surface area contributed by atoms with Crippen LogP contribution >= 0.6 is 15.9 Å². The molecule has 8 nitrogen and oxygen atoms in total. The molecular formula is C23H26BrN5O3. The van der Waals surface area contributed by atoms with Crippen molar-refractivity contribution in [1.29, 1.82) is 0 Å². The molecule has 0 radical (unpaired) electrons. The van der Waals surface area contributed by atoms with E-state index < -0.39 is 11.8 Å². The summed E-state index contributed by atoms with van der Waals surface area (Å²) in [5, 5.41) is 8.45. The van der Waals surface area contributed by atoms with Crippen LogP contribution in [-0.4, -0.2) is 51.2 Å². The molecule has 32 heavy (non-hydrogen) atoms. The third-order valence-electron chi connectivity index (χ3n) is 5.87. The number of alkyl halides is 1. The Bertz CT molecular complexity index is 1100. The number of anilines is 1. The molecule has 3 heterocycles. The first kappa shape index (κ1) is 22.4. The van der Waals surface area contributed by atoms with Crippen molar-refractivity contribution in [3.8, 4) is 0 Å². The average molecular weight is 500 g/mol. The number of hydrogen-bond donors (Lipinski definition) is 0. The Balaban J connectivity index is 1.52. The van der Waals surface area contributed by atoms with Gasteiger partial charge in [0.25, 0.3) is 0 Å². The largest absolute Gasteiger partial charge is 0.361 e. The van der Waals surface area contributed by atoms with Crippen molar-refractivity contribution in [2.24, 2.45) is 0 Å². The number of aryl methyl sites for hydroxylation is 2. The number of rotatable bonds is 8. The molecule has 1 fully saturated rings. The predicted molar refractivity (Wildman–Crippen MR) is 124 cm³/mol. The lowest BCUT2D eigenvalue weighted by molar-refractivity contribution is -0.130. The Morgan fingerprint density at radius 1 is 1.34 bits per heavy atom. The van der Waals surface area contributed by atoms with E-state index in [4.69, 9.17) is 4.52 Å². The Morgan fingerprint density at radius 3 is 2.84 bits per heavy atom. The standard InChI is InChI=1S/C23H26BrN5O3/c1-15(24)19-6-4-5-18(7-19)9-27-12-22(23(31)13-30)29(14-27)20-8-25-28(10-20)11-21-16(2)26-32-17(21)3/h4-8,10,13,15,22H,9,11-12,14H2,1-3H3. The maximum atomic E-state index is 12.4. The van der Waals surface area contributed by atoms with Crippen LogP contribution in [0.2, 0.25) is 0 Å². The highest BCUT2D eigenvalue weighted by Gasteiger charge is 2.36. The molecule has 168 valence electrons. The second kappa shape index (κ2) is 9.38. The van der Waals surface area contributed by atoms with E-state index in [0.717, 1.165) is 22.7 Å². The molecule has 1 saturated heterocycles. The number of aldehydes is 1. The minimum absolute atomic E-state index is 0.269. The van der Waals surface area contributed by atoms with Crippen LogP contribution in [0, 0.1) is 13.8 Å². The number of carbonyl (C=O) groups is 2. The fourth-order valence-electron chi connectivity index (χ4n) is 4.09. The average Bonchev–Trinajstić information content (AvgIpc) is 3.49. The Hall–Kier alpha value is -2.78. The Morgan fingerprint density at radius 2 is 2.16 bits per heavy atom. The van der Waals surface area contributed by atoms with E-state index in [1.165, 1.54) is 11.1 Å². The van der Waals surface area contributed by atoms with Gasteiger partial charge in [0.15, 0.2) is 6.29 Å². The van der Waals surface area contributed by atoms with Gasteiger partial charge in [-0.15, -0.1) is 0 Å². The zero-order chi connectivity index (χ0) is 22.8. The van der Waals surface area contributed by atoms with E-state index in [1.54, 1.807) is 10.9 Å². The molecule has 0 amide bonds. The molecule has 0 saturated carbocycles. The van der Waals surface area contributed by atoms with Crippen LogP contribution in [0.4, 0.5) is 5.69 Å². The van der Waals surface area contributed by atoms with Crippen LogP contribution in [0.5, 0.6) is 0 Å². The van der Waals surface area contributed by atoms with Gasteiger partial charge in [-0.3, -0.25) is 19.2 Å². The number of hydrogen-bond acceptors (Lipinski definition) is 7. The highest BCUT2D eigenvalue weighted by atomic mass is 79.9. The van der Waals surface area contributed by atoms with Gasteiger partial charge >= 0.3 is 0 Å². The van der Waals surface area contributed by atoms with E-state index in [-0.39, 0.29) is 4.83 Å². The molecular weight excluding hydrogens is 474 g/mol. The fraction of sp³-hybridized carbons (Fsp3) is 0.391. The molecule has 2 atom stereocenters. The van der Waals surface area contributed by atoms with Crippen molar-refractivity contribution < 1.29 is 14.1 Å². The SMILES string of the molecule is Cc1noc(C)c1Cn1cc(N2CN(Cc3cccc(C(C)Br)c3)CC2C(=O)C=O)cn1. The lowest BCUT2D eigenvalue weighted by Gasteiger charge is -2.21. The Kier molecular flexibility index (Phi) is 6.57. The normalized spacial score (nSPS) is 17.6. The van der Waals surface area contributed by atoms with Gasteiger partial charge in [-0.1, -0.05) is 45.4 Å². The summed E-state index contributed by atoms with van der Waals surface area (Å²) in [7, 11) is 0. The second-order valence-electron chi connectivity index (χ2n) is 8.22. The van der Waals surface area contributed by atoms with Crippen LogP contribution in [0.15, 0.2) is 41.2 Å². The van der Waals surface area contributed by atoms with Crippen LogP contribution in [-0.2, 0) is 22.7 Å². The number of carbonyl (C=O) groups excluding carboxylic acids is 2. The molecule has 0 spiro atoms. The van der Waals surface area contributed by atoms with Crippen LogP contribution in [0.1, 0.15) is 39.9 Å². The smallest absolute Gasteiger partial charge is 0.218 e. The van der Waals surface area contributed by atoms with Crippen LogP contribution in [0.3, 0.4) is 0 Å². The third kappa shape index (κ3) is 4.68. The van der Waals surface area contributed by atoms with Gasteiger partial charge in [-0.05, 0) is 31.9 Å². The maximum Gasteiger partial charge on any atom is 0.218 e. The van der Waals surface area contributed by atoms with Crippen LogP contribution < -0.4 is 4.90 Å². The quantitative estimate of drug-likeness (QED) is 0.266. The lowest BCUT2D eigenvalue weighted by atomic mass is 10.1. The zero-order valence-corrected chi connectivity index (χ0v) is 19.9. The number of halogens is 1. The van der Waals surface area contributed by atoms with Crippen molar-refractivity contribution in [3.63, 3.8) is 0 Å². The van der Waals surface area contributed by atoms with Gasteiger partial charge in [0, 0.05) is 29.7 Å². The van der Waals surface area contributed by atoms with Crippen molar-refractivity contribution in [3.05, 3.63) is 64.8 Å². The van der Waals surface area contributed by atoms with Gasteiger partial charge in [-0.2, -0.15) is 5.10 Å². The summed E-state index contributed by atoms with van der Waals surface area (Å²) in [5.74, 6) is 0.342. The summed E-state index contributed by atoms with van der Waals surface area (Å²) in [6.45, 7) is 8.12. The molecule has 1 aromatic carbocycles. The molecule has 0 N–H and O–H groups in total. The highest BCUT2D eigenvalue weighted by Crippen LogP contribution is 2.27. The van der Waals surface area contributed by atoms with Crippen molar-refractivity contribution >= 4 is 33.7 Å².